The molecule has 0 saturated carbocycles. The molecule has 0 radical (unpaired) electrons. The van der Waals surface area contributed by atoms with E-state index in [9.17, 15) is 14.0 Å². The highest BCUT2D eigenvalue weighted by Gasteiger charge is 2.37. The molecule has 1 heterocycles. The maximum absolute atomic E-state index is 14.0. The van der Waals surface area contributed by atoms with Crippen molar-refractivity contribution in [1.82, 2.24) is 10.2 Å². The van der Waals surface area contributed by atoms with Gasteiger partial charge in [0.05, 0.1) is 13.5 Å². The molecule has 0 aliphatic carbocycles. The van der Waals surface area contributed by atoms with Gasteiger partial charge < -0.3 is 9.64 Å². The molecule has 7 heteroatoms. The van der Waals surface area contributed by atoms with Crippen molar-refractivity contribution >= 4 is 23.5 Å². The molecular weight excluding hydrogens is 443 g/mol. The second-order valence-corrected chi connectivity index (χ2v) is 8.36. The van der Waals surface area contributed by atoms with Crippen LogP contribution in [0.25, 0.3) is 0 Å². The van der Waals surface area contributed by atoms with E-state index in [1.807, 2.05) is 42.5 Å². The molecule has 5 nitrogen and oxygen atoms in total. The number of methoxy groups -OCH3 is 1. The van der Waals surface area contributed by atoms with Gasteiger partial charge in [-0.05, 0) is 47.9 Å². The van der Waals surface area contributed by atoms with Gasteiger partial charge in [0, 0.05) is 28.7 Å². The first-order valence-corrected chi connectivity index (χ1v) is 11.1. The number of carbonyl (C=O) groups is 2. The molecule has 1 aliphatic rings. The van der Waals surface area contributed by atoms with Gasteiger partial charge in [0.1, 0.15) is 12.0 Å². The summed E-state index contributed by atoms with van der Waals surface area (Å²) < 4.78 is 18.8. The van der Waals surface area contributed by atoms with Crippen LogP contribution in [0.15, 0.2) is 72.8 Å². The van der Waals surface area contributed by atoms with Gasteiger partial charge in [0.15, 0.2) is 0 Å². The number of rotatable bonds is 8. The van der Waals surface area contributed by atoms with Gasteiger partial charge in [0.2, 0.25) is 0 Å². The average Bonchev–Trinajstić information content (AvgIpc) is 3.09. The molecule has 0 aromatic heterocycles. The second kappa shape index (κ2) is 10.1. The van der Waals surface area contributed by atoms with E-state index in [1.165, 1.54) is 19.2 Å². The number of ether oxygens (including phenoxy) is 1. The molecular formula is C26H24ClFN2O3. The van der Waals surface area contributed by atoms with Crippen molar-refractivity contribution in [3.05, 3.63) is 106 Å². The Kier molecular flexibility index (Phi) is 7.06. The number of benzene rings is 3. The third-order valence-electron chi connectivity index (χ3n) is 5.82. The predicted octanol–water partition coefficient (Wildman–Crippen LogP) is 5.07. The monoisotopic (exact) mass is 466 g/mol. The number of esters is 1. The summed E-state index contributed by atoms with van der Waals surface area (Å²) in [4.78, 5) is 27.1. The normalized spacial score (nSPS) is 15.9. The Morgan fingerprint density at radius 2 is 1.88 bits per heavy atom. The van der Waals surface area contributed by atoms with Crippen LogP contribution in [0.2, 0.25) is 5.02 Å². The summed E-state index contributed by atoms with van der Waals surface area (Å²) in [6, 6.07) is 20.5. The summed E-state index contributed by atoms with van der Waals surface area (Å²) >= 11 is 5.99. The zero-order chi connectivity index (χ0) is 23.4. The molecule has 0 unspecified atom stereocenters. The molecule has 0 spiro atoms. The quantitative estimate of drug-likeness (QED) is 0.471. The number of carbonyl (C=O) groups excluding carboxylic acids is 2. The number of nitrogens with one attached hydrogen (secondary N) is 1. The molecule has 1 N–H and O–H groups in total. The first-order chi connectivity index (χ1) is 16.0. The SMILES string of the molecule is COC(=O)C[C@@H](N[C@@H]1c2ccccc2C(=O)N1CCc1ccc(Cl)cc1)c1cccc(F)c1. The zero-order valence-corrected chi connectivity index (χ0v) is 18.9. The van der Waals surface area contributed by atoms with Gasteiger partial charge in [-0.15, -0.1) is 0 Å². The van der Waals surface area contributed by atoms with Gasteiger partial charge in [-0.3, -0.25) is 14.9 Å². The zero-order valence-electron chi connectivity index (χ0n) is 18.1. The topological polar surface area (TPSA) is 58.6 Å². The average molecular weight is 467 g/mol. The number of halogens is 2. The van der Waals surface area contributed by atoms with Crippen LogP contribution in [0.3, 0.4) is 0 Å². The van der Waals surface area contributed by atoms with Gasteiger partial charge in [-0.2, -0.15) is 0 Å². The molecule has 2 atom stereocenters. The highest BCUT2D eigenvalue weighted by atomic mass is 35.5. The van der Waals surface area contributed by atoms with Crippen LogP contribution >= 0.6 is 11.6 Å². The first-order valence-electron chi connectivity index (χ1n) is 10.7. The Hall–Kier alpha value is -3.22. The lowest BCUT2D eigenvalue weighted by atomic mass is 10.0. The lowest BCUT2D eigenvalue weighted by Gasteiger charge is -2.30. The second-order valence-electron chi connectivity index (χ2n) is 7.92. The van der Waals surface area contributed by atoms with E-state index in [1.54, 1.807) is 23.1 Å². The third-order valence-corrected chi connectivity index (χ3v) is 6.07. The van der Waals surface area contributed by atoms with E-state index in [0.29, 0.717) is 29.1 Å². The number of fused-ring (bicyclic) bond motifs is 1. The van der Waals surface area contributed by atoms with Crippen LogP contribution in [0.5, 0.6) is 0 Å². The van der Waals surface area contributed by atoms with Crippen molar-refractivity contribution < 1.29 is 18.7 Å². The smallest absolute Gasteiger partial charge is 0.307 e. The molecule has 0 fully saturated rings. The fourth-order valence-electron chi connectivity index (χ4n) is 4.12. The Morgan fingerprint density at radius 1 is 1.12 bits per heavy atom. The molecule has 0 bridgehead atoms. The number of hydrogen-bond acceptors (Lipinski definition) is 4. The highest BCUT2D eigenvalue weighted by Crippen LogP contribution is 2.34. The highest BCUT2D eigenvalue weighted by molar-refractivity contribution is 6.30. The van der Waals surface area contributed by atoms with Crippen molar-refractivity contribution in [2.24, 2.45) is 0 Å². The molecule has 1 amide bonds. The largest absolute Gasteiger partial charge is 0.469 e. The van der Waals surface area contributed by atoms with Gasteiger partial charge in [0.25, 0.3) is 5.91 Å². The minimum atomic E-state index is -0.546. The fourth-order valence-corrected chi connectivity index (χ4v) is 4.24. The van der Waals surface area contributed by atoms with E-state index in [4.69, 9.17) is 16.3 Å². The maximum Gasteiger partial charge on any atom is 0.307 e. The van der Waals surface area contributed by atoms with Crippen molar-refractivity contribution in [2.45, 2.75) is 25.0 Å². The van der Waals surface area contributed by atoms with Crippen LogP contribution in [-0.4, -0.2) is 30.4 Å². The lowest BCUT2D eigenvalue weighted by Crippen LogP contribution is -2.40. The maximum atomic E-state index is 14.0. The van der Waals surface area contributed by atoms with E-state index in [0.717, 1.165) is 11.1 Å². The molecule has 4 rings (SSSR count). The van der Waals surface area contributed by atoms with E-state index in [2.05, 4.69) is 5.32 Å². The van der Waals surface area contributed by atoms with Gasteiger partial charge >= 0.3 is 5.97 Å². The molecule has 3 aromatic carbocycles. The standard InChI is InChI=1S/C26H24ClFN2O3/c1-33-24(31)16-23(18-5-4-6-20(28)15-18)29-25-21-7-2-3-8-22(21)26(32)30(25)14-13-17-9-11-19(27)12-10-17/h2-12,15,23,25,29H,13-14,16H2,1H3/t23-,25+/m1/s1. The van der Waals surface area contributed by atoms with Crippen molar-refractivity contribution in [3.63, 3.8) is 0 Å². The van der Waals surface area contributed by atoms with Crippen LogP contribution < -0.4 is 5.32 Å². The summed E-state index contributed by atoms with van der Waals surface area (Å²) in [5.74, 6) is -0.915. The molecule has 170 valence electrons. The van der Waals surface area contributed by atoms with Gasteiger partial charge in [-0.25, -0.2) is 4.39 Å². The number of amides is 1. The summed E-state index contributed by atoms with van der Waals surface area (Å²) in [6.07, 6.45) is 0.160. The summed E-state index contributed by atoms with van der Waals surface area (Å²) in [5, 5.41) is 4.08. The first kappa shape index (κ1) is 23.0. The van der Waals surface area contributed by atoms with E-state index in [-0.39, 0.29) is 12.3 Å². The minimum absolute atomic E-state index is 0.00215. The minimum Gasteiger partial charge on any atom is -0.469 e. The fraction of sp³-hybridized carbons (Fsp3) is 0.231. The Balaban J connectivity index is 1.63. The Bertz CT molecular complexity index is 1150. The van der Waals surface area contributed by atoms with Crippen LogP contribution in [0, 0.1) is 5.82 Å². The molecule has 3 aromatic rings. The van der Waals surface area contributed by atoms with Crippen molar-refractivity contribution in [3.8, 4) is 0 Å². The molecule has 1 aliphatic heterocycles. The van der Waals surface area contributed by atoms with Crippen molar-refractivity contribution in [2.75, 3.05) is 13.7 Å². The third kappa shape index (κ3) is 5.24. The summed E-state index contributed by atoms with van der Waals surface area (Å²) in [5.41, 5.74) is 3.10. The van der Waals surface area contributed by atoms with Crippen LogP contribution in [-0.2, 0) is 16.0 Å². The Morgan fingerprint density at radius 3 is 2.61 bits per heavy atom. The lowest BCUT2D eigenvalue weighted by molar-refractivity contribution is -0.141. The predicted molar refractivity (Wildman–Crippen MR) is 124 cm³/mol. The summed E-state index contributed by atoms with van der Waals surface area (Å²) in [7, 11) is 1.32. The van der Waals surface area contributed by atoms with Crippen LogP contribution in [0.4, 0.5) is 4.39 Å². The number of nitrogens with zero attached hydrogens (tertiary/aromatic N) is 1. The molecule has 0 saturated heterocycles. The summed E-state index contributed by atoms with van der Waals surface area (Å²) in [6.45, 7) is 0.459. The van der Waals surface area contributed by atoms with Crippen molar-refractivity contribution in [1.29, 1.82) is 0 Å². The van der Waals surface area contributed by atoms with Gasteiger partial charge in [-0.1, -0.05) is 54.1 Å². The van der Waals surface area contributed by atoms with E-state index >= 15 is 0 Å². The Labute approximate surface area is 197 Å². The van der Waals surface area contributed by atoms with Crippen LogP contribution in [0.1, 0.15) is 45.7 Å². The molecule has 33 heavy (non-hydrogen) atoms. The number of hydrogen-bond donors (Lipinski definition) is 1. The van der Waals surface area contributed by atoms with E-state index < -0.39 is 24.0 Å².